The summed E-state index contributed by atoms with van der Waals surface area (Å²) in [5.74, 6) is -0.0957. The molecule has 1 fully saturated rings. The lowest BCUT2D eigenvalue weighted by Crippen LogP contribution is -2.29. The first kappa shape index (κ1) is 17.2. The SMILES string of the molecule is O=C(NCc1cccc(N2CCCCC2)c1)c1ccc(-n2cnnn2)cc1. The zero-order valence-corrected chi connectivity index (χ0v) is 15.1. The van der Waals surface area contributed by atoms with Crippen LogP contribution in [0.5, 0.6) is 0 Å². The van der Waals surface area contributed by atoms with Crippen molar-refractivity contribution in [2.24, 2.45) is 0 Å². The maximum atomic E-state index is 12.4. The van der Waals surface area contributed by atoms with Crippen LogP contribution in [0.4, 0.5) is 5.69 Å². The van der Waals surface area contributed by atoms with Crippen molar-refractivity contribution in [3.05, 3.63) is 66.0 Å². The van der Waals surface area contributed by atoms with Crippen molar-refractivity contribution in [1.29, 1.82) is 0 Å². The minimum Gasteiger partial charge on any atom is -0.372 e. The molecule has 1 aliphatic rings. The highest BCUT2D eigenvalue weighted by Gasteiger charge is 2.11. The van der Waals surface area contributed by atoms with Gasteiger partial charge in [-0.05, 0) is 71.7 Å². The van der Waals surface area contributed by atoms with E-state index in [1.54, 1.807) is 16.8 Å². The fourth-order valence-electron chi connectivity index (χ4n) is 3.34. The van der Waals surface area contributed by atoms with E-state index in [1.807, 2.05) is 12.1 Å². The van der Waals surface area contributed by atoms with Crippen LogP contribution in [0.15, 0.2) is 54.9 Å². The smallest absolute Gasteiger partial charge is 0.251 e. The van der Waals surface area contributed by atoms with Crippen LogP contribution in [0, 0.1) is 0 Å². The third-order valence-electron chi connectivity index (χ3n) is 4.83. The molecule has 1 saturated heterocycles. The van der Waals surface area contributed by atoms with Crippen LogP contribution >= 0.6 is 0 Å². The Morgan fingerprint density at radius 3 is 2.56 bits per heavy atom. The van der Waals surface area contributed by atoms with Crippen LogP contribution in [0.3, 0.4) is 0 Å². The van der Waals surface area contributed by atoms with Gasteiger partial charge in [-0.15, -0.1) is 5.10 Å². The summed E-state index contributed by atoms with van der Waals surface area (Å²) in [4.78, 5) is 14.9. The molecule has 1 N–H and O–H groups in total. The normalized spacial score (nSPS) is 14.1. The van der Waals surface area contributed by atoms with E-state index in [2.05, 4.69) is 50.0 Å². The molecule has 0 bridgehead atoms. The first-order valence-corrected chi connectivity index (χ1v) is 9.25. The van der Waals surface area contributed by atoms with Crippen LogP contribution in [0.2, 0.25) is 0 Å². The van der Waals surface area contributed by atoms with Gasteiger partial charge in [-0.1, -0.05) is 12.1 Å². The summed E-state index contributed by atoms with van der Waals surface area (Å²) in [6, 6.07) is 15.6. The largest absolute Gasteiger partial charge is 0.372 e. The van der Waals surface area contributed by atoms with E-state index in [1.165, 1.54) is 31.3 Å². The molecule has 0 aliphatic carbocycles. The molecule has 0 saturated carbocycles. The molecule has 1 amide bonds. The van der Waals surface area contributed by atoms with Crippen LogP contribution in [-0.2, 0) is 6.54 Å². The average Bonchev–Trinajstić information content (AvgIpc) is 3.28. The van der Waals surface area contributed by atoms with Gasteiger partial charge in [-0.2, -0.15) is 0 Å². The molecule has 2 aromatic carbocycles. The Hall–Kier alpha value is -3.22. The van der Waals surface area contributed by atoms with Crippen molar-refractivity contribution in [1.82, 2.24) is 25.5 Å². The van der Waals surface area contributed by atoms with Gasteiger partial charge in [-0.3, -0.25) is 4.79 Å². The van der Waals surface area contributed by atoms with Crippen molar-refractivity contribution < 1.29 is 4.79 Å². The Bertz CT molecular complexity index is 885. The van der Waals surface area contributed by atoms with Crippen molar-refractivity contribution in [2.75, 3.05) is 18.0 Å². The van der Waals surface area contributed by atoms with E-state index in [-0.39, 0.29) is 5.91 Å². The fourth-order valence-corrected chi connectivity index (χ4v) is 3.34. The quantitative estimate of drug-likeness (QED) is 0.755. The molecule has 0 atom stereocenters. The Morgan fingerprint density at radius 1 is 1.00 bits per heavy atom. The summed E-state index contributed by atoms with van der Waals surface area (Å²) in [7, 11) is 0. The Kier molecular flexibility index (Phi) is 5.09. The second kappa shape index (κ2) is 7.99. The molecule has 7 heteroatoms. The number of rotatable bonds is 5. The van der Waals surface area contributed by atoms with Gasteiger partial charge >= 0.3 is 0 Å². The number of carbonyl (C=O) groups excluding carboxylic acids is 1. The van der Waals surface area contributed by atoms with E-state index in [0.29, 0.717) is 12.1 Å². The lowest BCUT2D eigenvalue weighted by atomic mass is 10.1. The third kappa shape index (κ3) is 4.13. The number of aromatic nitrogens is 4. The summed E-state index contributed by atoms with van der Waals surface area (Å²) >= 11 is 0. The predicted octanol–water partition coefficient (Wildman–Crippen LogP) is 2.58. The highest BCUT2D eigenvalue weighted by atomic mass is 16.1. The first-order chi connectivity index (χ1) is 13.3. The number of nitrogens with one attached hydrogen (secondary N) is 1. The lowest BCUT2D eigenvalue weighted by Gasteiger charge is -2.29. The number of hydrogen-bond acceptors (Lipinski definition) is 5. The number of piperidine rings is 1. The minimum atomic E-state index is -0.0957. The Balaban J connectivity index is 1.37. The lowest BCUT2D eigenvalue weighted by molar-refractivity contribution is 0.0951. The molecule has 4 rings (SSSR count). The summed E-state index contributed by atoms with van der Waals surface area (Å²) in [5.41, 5.74) is 3.77. The number of nitrogens with zero attached hydrogens (tertiary/aromatic N) is 5. The van der Waals surface area contributed by atoms with E-state index in [4.69, 9.17) is 0 Å². The molecule has 1 aromatic heterocycles. The summed E-state index contributed by atoms with van der Waals surface area (Å²) in [6.45, 7) is 2.74. The van der Waals surface area contributed by atoms with E-state index in [0.717, 1.165) is 24.3 Å². The molecule has 2 heterocycles. The van der Waals surface area contributed by atoms with E-state index in [9.17, 15) is 4.79 Å². The van der Waals surface area contributed by atoms with Crippen molar-refractivity contribution in [3.63, 3.8) is 0 Å². The zero-order valence-electron chi connectivity index (χ0n) is 15.1. The molecule has 27 heavy (non-hydrogen) atoms. The Labute approximate surface area is 158 Å². The van der Waals surface area contributed by atoms with Crippen LogP contribution < -0.4 is 10.2 Å². The molecule has 7 nitrogen and oxygen atoms in total. The number of benzene rings is 2. The van der Waals surface area contributed by atoms with Crippen LogP contribution in [0.1, 0.15) is 35.2 Å². The second-order valence-corrected chi connectivity index (χ2v) is 6.70. The van der Waals surface area contributed by atoms with E-state index < -0.39 is 0 Å². The molecule has 0 radical (unpaired) electrons. The second-order valence-electron chi connectivity index (χ2n) is 6.70. The maximum Gasteiger partial charge on any atom is 0.251 e. The van der Waals surface area contributed by atoms with Gasteiger partial charge in [0, 0.05) is 30.9 Å². The number of amides is 1. The average molecular weight is 362 g/mol. The highest BCUT2D eigenvalue weighted by molar-refractivity contribution is 5.94. The van der Waals surface area contributed by atoms with Crippen molar-refractivity contribution in [2.45, 2.75) is 25.8 Å². The summed E-state index contributed by atoms with van der Waals surface area (Å²) < 4.78 is 1.55. The predicted molar refractivity (Wildman–Crippen MR) is 103 cm³/mol. The fraction of sp³-hybridized carbons (Fsp3) is 0.300. The topological polar surface area (TPSA) is 75.9 Å². The highest BCUT2D eigenvalue weighted by Crippen LogP contribution is 2.21. The van der Waals surface area contributed by atoms with Gasteiger partial charge in [0.1, 0.15) is 6.33 Å². The summed E-state index contributed by atoms with van der Waals surface area (Å²) in [5, 5.41) is 14.0. The van der Waals surface area contributed by atoms with Gasteiger partial charge in [-0.25, -0.2) is 4.68 Å². The Morgan fingerprint density at radius 2 is 1.81 bits per heavy atom. The van der Waals surface area contributed by atoms with Gasteiger partial charge < -0.3 is 10.2 Å². The van der Waals surface area contributed by atoms with Gasteiger partial charge in [0.05, 0.1) is 5.69 Å². The standard InChI is InChI=1S/C20H22N6O/c27-20(17-7-9-18(10-8-17)26-15-22-23-24-26)21-14-16-5-4-6-19(13-16)25-11-2-1-3-12-25/h4-10,13,15H,1-3,11-12,14H2,(H,21,27). The molecule has 0 spiro atoms. The zero-order chi connectivity index (χ0) is 18.5. The van der Waals surface area contributed by atoms with Gasteiger partial charge in [0.25, 0.3) is 5.91 Å². The number of tetrazole rings is 1. The number of hydrogen-bond donors (Lipinski definition) is 1. The molecule has 0 unspecified atom stereocenters. The molecular weight excluding hydrogens is 340 g/mol. The summed E-state index contributed by atoms with van der Waals surface area (Å²) in [6.07, 6.45) is 5.34. The number of anilines is 1. The first-order valence-electron chi connectivity index (χ1n) is 9.25. The third-order valence-corrected chi connectivity index (χ3v) is 4.83. The maximum absolute atomic E-state index is 12.4. The minimum absolute atomic E-state index is 0.0957. The van der Waals surface area contributed by atoms with Crippen molar-refractivity contribution in [3.8, 4) is 5.69 Å². The molecule has 1 aliphatic heterocycles. The molecule has 3 aromatic rings. The number of carbonyl (C=O) groups is 1. The van der Waals surface area contributed by atoms with E-state index >= 15 is 0 Å². The monoisotopic (exact) mass is 362 g/mol. The van der Waals surface area contributed by atoms with Gasteiger partial charge in [0.2, 0.25) is 0 Å². The van der Waals surface area contributed by atoms with Crippen LogP contribution in [-0.4, -0.2) is 39.2 Å². The van der Waals surface area contributed by atoms with Gasteiger partial charge in [0.15, 0.2) is 0 Å². The van der Waals surface area contributed by atoms with Crippen molar-refractivity contribution >= 4 is 11.6 Å². The molecular formula is C20H22N6O. The van der Waals surface area contributed by atoms with Crippen LogP contribution in [0.25, 0.3) is 5.69 Å². The molecule has 138 valence electrons.